The molecule has 0 radical (unpaired) electrons. The number of benzene rings is 1. The van der Waals surface area contributed by atoms with Crippen LogP contribution in [-0.4, -0.2) is 103 Å². The van der Waals surface area contributed by atoms with Crippen LogP contribution in [0.1, 0.15) is 11.1 Å². The molecule has 2 saturated heterocycles. The van der Waals surface area contributed by atoms with E-state index in [1.165, 1.54) is 12.0 Å². The van der Waals surface area contributed by atoms with Gasteiger partial charge in [-0.1, -0.05) is 29.8 Å². The fourth-order valence-electron chi connectivity index (χ4n) is 4.30. The second-order valence-corrected chi connectivity index (χ2v) is 8.15. The highest BCUT2D eigenvalue weighted by Gasteiger charge is 2.49. The minimum atomic E-state index is -0.577. The fourth-order valence-corrected chi connectivity index (χ4v) is 4.30. The minimum absolute atomic E-state index is 0.254. The van der Waals surface area contributed by atoms with Crippen molar-refractivity contribution in [1.29, 1.82) is 0 Å². The Labute approximate surface area is 181 Å². The molecule has 0 aromatic heterocycles. The van der Waals surface area contributed by atoms with Gasteiger partial charge in [0.15, 0.2) is 18.2 Å². The summed E-state index contributed by atoms with van der Waals surface area (Å²) in [6.07, 6.45) is -0.561. The number of ether oxygens (including phenoxy) is 1. The predicted octanol–water partition coefficient (Wildman–Crippen LogP) is -0.166. The number of urea groups is 1. The third-order valence-electron chi connectivity index (χ3n) is 6.01. The van der Waals surface area contributed by atoms with Crippen LogP contribution in [0.4, 0.5) is 4.79 Å². The number of imide groups is 1. The summed E-state index contributed by atoms with van der Waals surface area (Å²) in [6.45, 7) is 5.50. The molecule has 1 aromatic rings. The Kier molecular flexibility index (Phi) is 5.81. The van der Waals surface area contributed by atoms with Gasteiger partial charge in [-0.25, -0.2) is 9.79 Å². The first kappa shape index (κ1) is 21.1. The SMILES string of the molecule is COC(=O)CN1CCN(C2=NC3C(C(=O)NC(=O)N3C)N2Cc2cccc(C)c2)CC1. The Bertz CT molecular complexity index is 911. The standard InChI is InChI=1S/C21H28N6O4/c1-14-5-4-6-15(11-14)12-27-17-18(24(2)21(30)23-19(17)29)22-20(27)26-9-7-25(8-10-26)13-16(28)31-3/h4-6,11,17-18H,7-10,12-13H2,1-3H3,(H,23,29,30). The number of rotatable bonds is 4. The molecule has 4 rings (SSSR count). The van der Waals surface area contributed by atoms with E-state index in [0.29, 0.717) is 38.7 Å². The van der Waals surface area contributed by atoms with Crippen molar-refractivity contribution in [3.8, 4) is 0 Å². The lowest BCUT2D eigenvalue weighted by atomic mass is 10.1. The molecule has 3 amide bonds. The Morgan fingerprint density at radius 2 is 1.97 bits per heavy atom. The Hall–Kier alpha value is -3.14. The molecule has 1 N–H and O–H groups in total. The largest absolute Gasteiger partial charge is 0.468 e. The van der Waals surface area contributed by atoms with Gasteiger partial charge in [0.1, 0.15) is 0 Å². The molecule has 3 aliphatic rings. The summed E-state index contributed by atoms with van der Waals surface area (Å²) >= 11 is 0. The van der Waals surface area contributed by atoms with Crippen molar-refractivity contribution in [1.82, 2.24) is 24.9 Å². The van der Waals surface area contributed by atoms with Crippen LogP contribution < -0.4 is 5.32 Å². The van der Waals surface area contributed by atoms with E-state index in [-0.39, 0.29) is 18.4 Å². The van der Waals surface area contributed by atoms with Gasteiger partial charge in [-0.2, -0.15) is 0 Å². The normalized spacial score (nSPS) is 24.1. The van der Waals surface area contributed by atoms with Gasteiger partial charge < -0.3 is 19.4 Å². The van der Waals surface area contributed by atoms with Crippen LogP contribution in [0.3, 0.4) is 0 Å². The molecule has 0 saturated carbocycles. The first-order valence-electron chi connectivity index (χ1n) is 10.4. The molecule has 1 aromatic carbocycles. The van der Waals surface area contributed by atoms with Crippen molar-refractivity contribution < 1.29 is 19.1 Å². The number of nitrogens with one attached hydrogen (secondary N) is 1. The van der Waals surface area contributed by atoms with Crippen LogP contribution in [0.15, 0.2) is 29.3 Å². The monoisotopic (exact) mass is 428 g/mol. The molecular formula is C21H28N6O4. The molecule has 0 bridgehead atoms. The molecule has 0 spiro atoms. The van der Waals surface area contributed by atoms with Crippen LogP contribution >= 0.6 is 0 Å². The summed E-state index contributed by atoms with van der Waals surface area (Å²) in [5, 5.41) is 2.44. The number of esters is 1. The van der Waals surface area contributed by atoms with Crippen LogP contribution in [0, 0.1) is 6.92 Å². The molecule has 3 aliphatic heterocycles. The smallest absolute Gasteiger partial charge is 0.325 e. The average molecular weight is 428 g/mol. The van der Waals surface area contributed by atoms with Gasteiger partial charge in [0.25, 0.3) is 5.91 Å². The number of methoxy groups -OCH3 is 1. The van der Waals surface area contributed by atoms with Gasteiger partial charge in [0.05, 0.1) is 13.7 Å². The molecule has 31 heavy (non-hydrogen) atoms. The summed E-state index contributed by atoms with van der Waals surface area (Å²) in [5.74, 6) is 0.130. The van der Waals surface area contributed by atoms with Gasteiger partial charge in [-0.05, 0) is 12.5 Å². The molecule has 2 unspecified atom stereocenters. The van der Waals surface area contributed by atoms with Crippen LogP contribution in [0.25, 0.3) is 0 Å². The first-order valence-corrected chi connectivity index (χ1v) is 10.4. The highest BCUT2D eigenvalue weighted by molar-refractivity contribution is 6.03. The van der Waals surface area contributed by atoms with Gasteiger partial charge >= 0.3 is 12.0 Å². The molecule has 10 heteroatoms. The number of hydrogen-bond donors (Lipinski definition) is 1. The fraction of sp³-hybridized carbons (Fsp3) is 0.524. The van der Waals surface area contributed by atoms with E-state index in [0.717, 1.165) is 11.1 Å². The Morgan fingerprint density at radius 3 is 2.65 bits per heavy atom. The zero-order valence-corrected chi connectivity index (χ0v) is 18.1. The maximum absolute atomic E-state index is 12.8. The Balaban J connectivity index is 1.57. The lowest BCUT2D eigenvalue weighted by Gasteiger charge is -2.40. The lowest BCUT2D eigenvalue weighted by molar-refractivity contribution is -0.142. The van der Waals surface area contributed by atoms with E-state index in [9.17, 15) is 14.4 Å². The van der Waals surface area contributed by atoms with E-state index in [1.54, 1.807) is 7.05 Å². The molecule has 2 atom stereocenters. The molecule has 0 aliphatic carbocycles. The summed E-state index contributed by atoms with van der Waals surface area (Å²) in [5.41, 5.74) is 2.22. The van der Waals surface area contributed by atoms with Crippen molar-refractivity contribution >= 4 is 23.9 Å². The van der Waals surface area contributed by atoms with Crippen molar-refractivity contribution in [3.63, 3.8) is 0 Å². The topological polar surface area (TPSA) is 97.8 Å². The minimum Gasteiger partial charge on any atom is -0.468 e. The third kappa shape index (κ3) is 4.20. The van der Waals surface area contributed by atoms with Crippen LogP contribution in [-0.2, 0) is 20.9 Å². The van der Waals surface area contributed by atoms with Crippen LogP contribution in [0.5, 0.6) is 0 Å². The van der Waals surface area contributed by atoms with Gasteiger partial charge in [-0.15, -0.1) is 0 Å². The number of piperazine rings is 1. The number of nitrogens with zero attached hydrogens (tertiary/aromatic N) is 5. The third-order valence-corrected chi connectivity index (χ3v) is 6.01. The second kappa shape index (κ2) is 8.54. The van der Waals surface area contributed by atoms with Crippen molar-refractivity contribution in [2.45, 2.75) is 25.7 Å². The van der Waals surface area contributed by atoms with Crippen molar-refractivity contribution in [3.05, 3.63) is 35.4 Å². The maximum atomic E-state index is 12.8. The lowest BCUT2D eigenvalue weighted by Crippen LogP contribution is -2.64. The number of fused-ring (bicyclic) bond motifs is 1. The predicted molar refractivity (Wildman–Crippen MR) is 113 cm³/mol. The van der Waals surface area contributed by atoms with Crippen molar-refractivity contribution in [2.24, 2.45) is 4.99 Å². The highest BCUT2D eigenvalue weighted by Crippen LogP contribution is 2.28. The number of hydrogen-bond acceptors (Lipinski definition) is 8. The summed E-state index contributed by atoms with van der Waals surface area (Å²) in [6, 6.07) is 7.14. The molecule has 3 heterocycles. The van der Waals surface area contributed by atoms with Gasteiger partial charge in [0, 0.05) is 39.8 Å². The van der Waals surface area contributed by atoms with E-state index < -0.39 is 18.2 Å². The first-order chi connectivity index (χ1) is 14.9. The Morgan fingerprint density at radius 1 is 1.23 bits per heavy atom. The summed E-state index contributed by atoms with van der Waals surface area (Å²) < 4.78 is 4.76. The molecule has 10 nitrogen and oxygen atoms in total. The zero-order valence-electron chi connectivity index (χ0n) is 18.1. The van der Waals surface area contributed by atoms with E-state index in [1.807, 2.05) is 34.9 Å². The number of guanidine groups is 1. The quantitative estimate of drug-likeness (QED) is 0.665. The number of carbonyl (C=O) groups excluding carboxylic acids is 3. The number of carbonyl (C=O) groups is 3. The summed E-state index contributed by atoms with van der Waals surface area (Å²) in [4.78, 5) is 49.0. The van der Waals surface area contributed by atoms with Gasteiger partial charge in [0.2, 0.25) is 0 Å². The number of likely N-dealkylation sites (N-methyl/N-ethyl adjacent to an activating group) is 1. The van der Waals surface area contributed by atoms with E-state index in [4.69, 9.17) is 9.73 Å². The number of aryl methyl sites for hydroxylation is 1. The molecular weight excluding hydrogens is 400 g/mol. The second-order valence-electron chi connectivity index (χ2n) is 8.15. The van der Waals surface area contributed by atoms with E-state index in [2.05, 4.69) is 16.3 Å². The average Bonchev–Trinajstić information content (AvgIpc) is 3.12. The molecule has 166 valence electrons. The number of amides is 3. The van der Waals surface area contributed by atoms with E-state index >= 15 is 0 Å². The summed E-state index contributed by atoms with van der Waals surface area (Å²) in [7, 11) is 3.05. The maximum Gasteiger partial charge on any atom is 0.325 e. The molecule has 2 fully saturated rings. The number of aliphatic imine (C=N–C) groups is 1. The van der Waals surface area contributed by atoms with Crippen LogP contribution in [0.2, 0.25) is 0 Å². The zero-order chi connectivity index (χ0) is 22.1. The van der Waals surface area contributed by atoms with Crippen molar-refractivity contribution in [2.75, 3.05) is 46.9 Å². The van der Waals surface area contributed by atoms with Gasteiger partial charge in [-0.3, -0.25) is 19.8 Å². The highest BCUT2D eigenvalue weighted by atomic mass is 16.5.